The van der Waals surface area contributed by atoms with Crippen molar-refractivity contribution in [1.29, 1.82) is 0 Å². The zero-order chi connectivity index (χ0) is 34.8. The van der Waals surface area contributed by atoms with Crippen LogP contribution in [0.2, 0.25) is 0 Å². The Balaban J connectivity index is 0.981. The molecule has 258 valence electrons. The van der Waals surface area contributed by atoms with Gasteiger partial charge < -0.3 is 0 Å². The minimum absolute atomic E-state index is 0.333. The van der Waals surface area contributed by atoms with Crippen molar-refractivity contribution in [2.24, 2.45) is 17.3 Å². The van der Waals surface area contributed by atoms with Crippen LogP contribution >= 0.6 is 0 Å². The highest BCUT2D eigenvalue weighted by Gasteiger charge is 2.42. The van der Waals surface area contributed by atoms with Crippen LogP contribution < -0.4 is 10.4 Å². The van der Waals surface area contributed by atoms with Crippen LogP contribution in [0.3, 0.4) is 0 Å². The fraction of sp³-hybridized carbons (Fsp3) is 0.412. The van der Waals surface area contributed by atoms with Gasteiger partial charge in [0.15, 0.2) is 0 Å². The average Bonchev–Trinajstić information content (AvgIpc) is 3.13. The van der Waals surface area contributed by atoms with Crippen LogP contribution in [0.1, 0.15) is 130 Å². The lowest BCUT2D eigenvalue weighted by atomic mass is 9.57. The SMILES string of the molecule is CC1=CC2CC=c3c(C)cc([C@H]4CCC[C@@H](C(C)(C)[C@H]5CCCC(c6cc(C)c7ccc8cc(C)cc9ccc6c7c89)C5)C4)c4ccc(c2c34)=C1. The molecule has 2 fully saturated rings. The Morgan fingerprint density at radius 1 is 0.608 bits per heavy atom. The quantitative estimate of drug-likeness (QED) is 0.164. The molecular weight excluding hydrogens is 613 g/mol. The van der Waals surface area contributed by atoms with Gasteiger partial charge in [0.05, 0.1) is 0 Å². The molecule has 5 atom stereocenters. The van der Waals surface area contributed by atoms with Crippen LogP contribution in [0.4, 0.5) is 0 Å². The molecule has 0 spiro atoms. The summed E-state index contributed by atoms with van der Waals surface area (Å²) in [6.07, 6.45) is 19.5. The molecule has 0 heterocycles. The van der Waals surface area contributed by atoms with Crippen LogP contribution in [0, 0.1) is 38.0 Å². The van der Waals surface area contributed by atoms with E-state index < -0.39 is 0 Å². The molecule has 2 unspecified atom stereocenters. The number of benzene rings is 6. The first kappa shape index (κ1) is 31.8. The molecule has 0 radical (unpaired) electrons. The van der Waals surface area contributed by atoms with Crippen molar-refractivity contribution in [3.05, 3.63) is 116 Å². The molecule has 10 rings (SSSR count). The second kappa shape index (κ2) is 11.6. The van der Waals surface area contributed by atoms with Gasteiger partial charge in [-0.25, -0.2) is 0 Å². The first-order valence-corrected chi connectivity index (χ1v) is 20.3. The Morgan fingerprint density at radius 3 is 1.90 bits per heavy atom. The van der Waals surface area contributed by atoms with Crippen molar-refractivity contribution in [1.82, 2.24) is 0 Å². The molecule has 0 bridgehead atoms. The zero-order valence-electron chi connectivity index (χ0n) is 31.8. The second-order valence-corrected chi connectivity index (χ2v) is 18.2. The average molecular weight is 667 g/mol. The summed E-state index contributed by atoms with van der Waals surface area (Å²) in [6, 6.07) is 24.5. The van der Waals surface area contributed by atoms with Crippen LogP contribution in [-0.2, 0) is 0 Å². The number of aryl methyl sites for hydroxylation is 3. The third kappa shape index (κ3) is 4.84. The summed E-state index contributed by atoms with van der Waals surface area (Å²) < 4.78 is 0. The van der Waals surface area contributed by atoms with Crippen molar-refractivity contribution in [3.63, 3.8) is 0 Å². The summed E-state index contributed by atoms with van der Waals surface area (Å²) in [5.41, 5.74) is 10.9. The van der Waals surface area contributed by atoms with Gasteiger partial charge in [0.25, 0.3) is 0 Å². The van der Waals surface area contributed by atoms with E-state index in [2.05, 4.69) is 120 Å². The summed E-state index contributed by atoms with van der Waals surface area (Å²) in [7, 11) is 0. The van der Waals surface area contributed by atoms with Gasteiger partial charge in [-0.1, -0.05) is 111 Å². The minimum Gasteiger partial charge on any atom is -0.0754 e. The number of allylic oxidation sites excluding steroid dienone is 2. The monoisotopic (exact) mass is 666 g/mol. The molecule has 0 nitrogen and oxygen atoms in total. The molecular formula is C51H54. The molecule has 0 heteroatoms. The van der Waals surface area contributed by atoms with E-state index in [-0.39, 0.29) is 0 Å². The lowest BCUT2D eigenvalue weighted by Crippen LogP contribution is -2.37. The molecule has 0 aliphatic heterocycles. The van der Waals surface area contributed by atoms with E-state index in [0.29, 0.717) is 23.2 Å². The van der Waals surface area contributed by atoms with E-state index in [1.54, 1.807) is 27.5 Å². The molecule has 4 aliphatic carbocycles. The normalized spacial score (nSPS) is 25.0. The maximum absolute atomic E-state index is 2.68. The van der Waals surface area contributed by atoms with Gasteiger partial charge >= 0.3 is 0 Å². The van der Waals surface area contributed by atoms with E-state index in [9.17, 15) is 0 Å². The van der Waals surface area contributed by atoms with E-state index in [4.69, 9.17) is 0 Å². The largest absolute Gasteiger partial charge is 0.0754 e. The summed E-state index contributed by atoms with van der Waals surface area (Å²) in [5.74, 6) is 3.37. The van der Waals surface area contributed by atoms with Crippen LogP contribution in [0.15, 0.2) is 72.3 Å². The van der Waals surface area contributed by atoms with Crippen molar-refractivity contribution < 1.29 is 0 Å². The van der Waals surface area contributed by atoms with Gasteiger partial charge in [0, 0.05) is 5.92 Å². The van der Waals surface area contributed by atoms with Gasteiger partial charge in [-0.15, -0.1) is 0 Å². The van der Waals surface area contributed by atoms with E-state index in [0.717, 1.165) is 18.3 Å². The van der Waals surface area contributed by atoms with Gasteiger partial charge in [0.1, 0.15) is 0 Å². The van der Waals surface area contributed by atoms with E-state index in [1.807, 2.05) is 0 Å². The maximum atomic E-state index is 2.68. The van der Waals surface area contributed by atoms with Gasteiger partial charge in [-0.3, -0.25) is 0 Å². The van der Waals surface area contributed by atoms with Gasteiger partial charge in [0.2, 0.25) is 0 Å². The van der Waals surface area contributed by atoms with E-state index >= 15 is 0 Å². The standard InChI is InChI=1S/C51H54/c1-29-21-35-13-17-41-31(3)25-45(43-19-15-37(23-29)47(35)49(41)43)33-9-7-11-39(27-33)51(5,6)40-12-8-10-34(28-40)46-26-32(4)42-18-14-36-22-30(2)24-38-16-20-44(46)50(42)48(36)38/h13,15-26,33-34,36,39-40H,7-12,14,27-28H2,1-6H3/t33?,34-,36?,39-,40+/m0/s1. The molecule has 6 aromatic carbocycles. The zero-order valence-corrected chi connectivity index (χ0v) is 31.8. The Bertz CT molecular complexity index is 2540. The fourth-order valence-electron chi connectivity index (χ4n) is 12.3. The Morgan fingerprint density at radius 2 is 1.22 bits per heavy atom. The number of hydrogen-bond donors (Lipinski definition) is 0. The van der Waals surface area contributed by atoms with Gasteiger partial charge in [-0.05, 0) is 189 Å². The lowest BCUT2D eigenvalue weighted by Gasteiger charge is -2.48. The highest BCUT2D eigenvalue weighted by Crippen LogP contribution is 2.54. The molecule has 2 saturated carbocycles. The number of rotatable bonds is 4. The second-order valence-electron chi connectivity index (χ2n) is 18.2. The van der Waals surface area contributed by atoms with Crippen molar-refractivity contribution in [2.75, 3.05) is 0 Å². The Kier molecular flexibility index (Phi) is 7.20. The molecule has 0 saturated heterocycles. The van der Waals surface area contributed by atoms with Crippen LogP contribution in [-0.4, -0.2) is 0 Å². The Hall–Kier alpha value is -3.90. The summed E-state index contributed by atoms with van der Waals surface area (Å²) in [6.45, 7) is 14.6. The van der Waals surface area contributed by atoms with Crippen LogP contribution in [0.5, 0.6) is 0 Å². The topological polar surface area (TPSA) is 0 Å². The van der Waals surface area contributed by atoms with Gasteiger partial charge in [-0.2, -0.15) is 0 Å². The lowest BCUT2D eigenvalue weighted by molar-refractivity contribution is 0.0480. The minimum atomic E-state index is 0.333. The fourth-order valence-corrected chi connectivity index (χ4v) is 12.3. The Labute approximate surface area is 304 Å². The summed E-state index contributed by atoms with van der Waals surface area (Å²) >= 11 is 0. The molecule has 6 aromatic rings. The first-order chi connectivity index (χ1) is 24.7. The molecule has 4 aliphatic rings. The van der Waals surface area contributed by atoms with Crippen molar-refractivity contribution in [3.8, 4) is 0 Å². The highest BCUT2D eigenvalue weighted by molar-refractivity contribution is 6.24. The third-order valence-electron chi connectivity index (χ3n) is 14.9. The van der Waals surface area contributed by atoms with Crippen LogP contribution in [0.25, 0.3) is 55.2 Å². The van der Waals surface area contributed by atoms with E-state index in [1.165, 1.54) is 116 Å². The van der Waals surface area contributed by atoms with Crippen molar-refractivity contribution >= 4 is 55.2 Å². The first-order valence-electron chi connectivity index (χ1n) is 20.3. The summed E-state index contributed by atoms with van der Waals surface area (Å²) in [5, 5.41) is 14.8. The maximum Gasteiger partial charge on any atom is 0.00708 e. The molecule has 0 aromatic heterocycles. The summed E-state index contributed by atoms with van der Waals surface area (Å²) in [4.78, 5) is 0. The molecule has 0 amide bonds. The molecule has 51 heavy (non-hydrogen) atoms. The molecule has 0 N–H and O–H groups in total. The predicted molar refractivity (Wildman–Crippen MR) is 221 cm³/mol. The predicted octanol–water partition coefficient (Wildman–Crippen LogP) is 12.9. The number of hydrogen-bond acceptors (Lipinski definition) is 0. The van der Waals surface area contributed by atoms with Crippen molar-refractivity contribution in [2.45, 2.75) is 117 Å². The third-order valence-corrected chi connectivity index (χ3v) is 14.9. The smallest absolute Gasteiger partial charge is 0.00708 e. The highest BCUT2D eigenvalue weighted by atomic mass is 14.5.